The van der Waals surface area contributed by atoms with Gasteiger partial charge in [0.15, 0.2) is 0 Å². The zero-order valence-corrected chi connectivity index (χ0v) is 24.3. The number of sulfonamides is 1. The molecule has 0 fully saturated rings. The molecule has 0 radical (unpaired) electrons. The van der Waals surface area contributed by atoms with Crippen molar-refractivity contribution in [2.75, 3.05) is 17.4 Å². The molecule has 1 atom stereocenters. The van der Waals surface area contributed by atoms with Gasteiger partial charge in [-0.2, -0.15) is 0 Å². The predicted octanol–water partition coefficient (Wildman–Crippen LogP) is 5.14. The molecule has 7 nitrogen and oxygen atoms in total. The van der Waals surface area contributed by atoms with Gasteiger partial charge in [-0.3, -0.25) is 13.9 Å². The third kappa shape index (κ3) is 7.69. The highest BCUT2D eigenvalue weighted by Crippen LogP contribution is 2.28. The number of nitrogens with one attached hydrogen (secondary N) is 1. The van der Waals surface area contributed by atoms with E-state index >= 15 is 0 Å². The Hall–Kier alpha value is -3.65. The lowest BCUT2D eigenvalue weighted by molar-refractivity contribution is -0.139. The van der Waals surface area contributed by atoms with Crippen molar-refractivity contribution in [2.24, 2.45) is 0 Å². The fourth-order valence-corrected chi connectivity index (χ4v) is 5.81. The molecule has 2 amide bonds. The number of unbranched alkanes of at least 4 members (excludes halogenated alkanes) is 1. The van der Waals surface area contributed by atoms with Crippen molar-refractivity contribution in [3.8, 4) is 0 Å². The fourth-order valence-electron chi connectivity index (χ4n) is 4.33. The monoisotopic (exact) mass is 549 g/mol. The van der Waals surface area contributed by atoms with Crippen LogP contribution < -0.4 is 9.62 Å². The first-order valence-electron chi connectivity index (χ1n) is 13.3. The standard InChI is InChI=1S/C31H39N3O4S/c1-6-7-19-32-31(36)26(5)33(21-27-11-9-8-10-12-27)30(35)22-34(29-18-15-24(3)20-25(29)4)39(37,38)28-16-13-23(2)14-17-28/h8-18,20,26H,6-7,19,21-22H2,1-5H3,(H,32,36). The SMILES string of the molecule is CCCCNC(=O)C(C)N(Cc1ccccc1)C(=O)CN(c1ccc(C)cc1C)S(=O)(=O)c1ccc(C)cc1. The molecular formula is C31H39N3O4S. The molecule has 1 unspecified atom stereocenters. The molecule has 0 spiro atoms. The summed E-state index contributed by atoms with van der Waals surface area (Å²) < 4.78 is 29.1. The molecule has 0 bridgehead atoms. The quantitative estimate of drug-likeness (QED) is 0.317. The van der Waals surface area contributed by atoms with E-state index < -0.39 is 28.5 Å². The number of nitrogens with zero attached hydrogens (tertiary/aromatic N) is 2. The lowest BCUT2D eigenvalue weighted by Gasteiger charge is -2.32. The van der Waals surface area contributed by atoms with E-state index in [1.165, 1.54) is 4.90 Å². The first kappa shape index (κ1) is 29.9. The Morgan fingerprint density at radius 1 is 0.897 bits per heavy atom. The summed E-state index contributed by atoms with van der Waals surface area (Å²) in [6, 6.07) is 20.6. The topological polar surface area (TPSA) is 86.8 Å². The number of aryl methyl sites for hydroxylation is 3. The number of rotatable bonds is 12. The maximum Gasteiger partial charge on any atom is 0.264 e. The maximum absolute atomic E-state index is 14.0. The number of carbonyl (C=O) groups excluding carboxylic acids is 2. The molecule has 0 aliphatic carbocycles. The third-order valence-corrected chi connectivity index (χ3v) is 8.48. The number of anilines is 1. The van der Waals surface area contributed by atoms with Crippen molar-refractivity contribution in [3.63, 3.8) is 0 Å². The van der Waals surface area contributed by atoms with Gasteiger partial charge in [0.2, 0.25) is 11.8 Å². The van der Waals surface area contributed by atoms with Crippen LogP contribution in [0.15, 0.2) is 77.7 Å². The molecule has 0 aliphatic rings. The van der Waals surface area contributed by atoms with Crippen LogP contribution in [0, 0.1) is 20.8 Å². The Morgan fingerprint density at radius 3 is 2.15 bits per heavy atom. The van der Waals surface area contributed by atoms with E-state index in [0.29, 0.717) is 12.2 Å². The van der Waals surface area contributed by atoms with Crippen LogP contribution in [0.3, 0.4) is 0 Å². The van der Waals surface area contributed by atoms with Gasteiger partial charge in [-0.15, -0.1) is 0 Å². The van der Waals surface area contributed by atoms with Gasteiger partial charge >= 0.3 is 0 Å². The van der Waals surface area contributed by atoms with Gasteiger partial charge in [-0.05, 0) is 63.4 Å². The minimum Gasteiger partial charge on any atom is -0.354 e. The molecule has 8 heteroatoms. The Morgan fingerprint density at radius 2 is 1.54 bits per heavy atom. The number of hydrogen-bond acceptors (Lipinski definition) is 4. The van der Waals surface area contributed by atoms with Gasteiger partial charge in [-0.25, -0.2) is 8.42 Å². The average Bonchev–Trinajstić information content (AvgIpc) is 2.91. The Balaban J connectivity index is 2.02. The highest BCUT2D eigenvalue weighted by atomic mass is 32.2. The van der Waals surface area contributed by atoms with Crippen molar-refractivity contribution in [1.29, 1.82) is 0 Å². The van der Waals surface area contributed by atoms with Crippen LogP contribution >= 0.6 is 0 Å². The summed E-state index contributed by atoms with van der Waals surface area (Å²) in [5, 5.41) is 2.90. The second kappa shape index (κ2) is 13.4. The van der Waals surface area contributed by atoms with Crippen LogP contribution in [-0.4, -0.2) is 44.3 Å². The van der Waals surface area contributed by atoms with E-state index in [-0.39, 0.29) is 17.3 Å². The number of amides is 2. The molecule has 3 rings (SSSR count). The fraction of sp³-hybridized carbons (Fsp3) is 0.355. The Kier molecular flexibility index (Phi) is 10.3. The van der Waals surface area contributed by atoms with Gasteiger partial charge in [0.1, 0.15) is 12.6 Å². The highest BCUT2D eigenvalue weighted by Gasteiger charge is 2.33. The van der Waals surface area contributed by atoms with Crippen molar-refractivity contribution in [2.45, 2.75) is 64.9 Å². The van der Waals surface area contributed by atoms with Crippen LogP contribution in [0.1, 0.15) is 48.9 Å². The van der Waals surface area contributed by atoms with E-state index in [9.17, 15) is 18.0 Å². The molecular weight excluding hydrogens is 510 g/mol. The van der Waals surface area contributed by atoms with Crippen LogP contribution in [0.5, 0.6) is 0 Å². The zero-order valence-electron chi connectivity index (χ0n) is 23.5. The summed E-state index contributed by atoms with van der Waals surface area (Å²) in [5.41, 5.74) is 3.92. The smallest absolute Gasteiger partial charge is 0.264 e. The first-order chi connectivity index (χ1) is 18.5. The van der Waals surface area contributed by atoms with Crippen LogP contribution in [0.4, 0.5) is 5.69 Å². The minimum absolute atomic E-state index is 0.0980. The normalized spacial score (nSPS) is 12.0. The predicted molar refractivity (Wildman–Crippen MR) is 156 cm³/mol. The Bertz CT molecular complexity index is 1370. The van der Waals surface area contributed by atoms with Gasteiger partial charge in [-0.1, -0.05) is 79.1 Å². The summed E-state index contributed by atoms with van der Waals surface area (Å²) in [4.78, 5) is 28.5. The van der Waals surface area contributed by atoms with Crippen molar-refractivity contribution >= 4 is 27.5 Å². The van der Waals surface area contributed by atoms with Gasteiger partial charge in [0, 0.05) is 13.1 Å². The highest BCUT2D eigenvalue weighted by molar-refractivity contribution is 7.92. The number of hydrogen-bond donors (Lipinski definition) is 1. The van der Waals surface area contributed by atoms with Crippen LogP contribution in [-0.2, 0) is 26.2 Å². The van der Waals surface area contributed by atoms with Crippen molar-refractivity contribution in [3.05, 3.63) is 95.1 Å². The average molecular weight is 550 g/mol. The van der Waals surface area contributed by atoms with E-state index in [4.69, 9.17) is 0 Å². The van der Waals surface area contributed by atoms with E-state index in [1.54, 1.807) is 37.3 Å². The number of carbonyl (C=O) groups is 2. The lowest BCUT2D eigenvalue weighted by Crippen LogP contribution is -2.51. The number of benzene rings is 3. The molecule has 0 saturated heterocycles. The molecule has 0 aromatic heterocycles. The molecule has 39 heavy (non-hydrogen) atoms. The first-order valence-corrected chi connectivity index (χ1v) is 14.8. The largest absolute Gasteiger partial charge is 0.354 e. The van der Waals surface area contributed by atoms with Gasteiger partial charge in [0.05, 0.1) is 10.6 Å². The van der Waals surface area contributed by atoms with E-state index in [2.05, 4.69) is 5.32 Å². The molecule has 3 aromatic rings. The van der Waals surface area contributed by atoms with Crippen LogP contribution in [0.2, 0.25) is 0 Å². The minimum atomic E-state index is -4.09. The summed E-state index contributed by atoms with van der Waals surface area (Å²) in [5.74, 6) is -0.736. The lowest BCUT2D eigenvalue weighted by atomic mass is 10.1. The molecule has 0 heterocycles. The van der Waals surface area contributed by atoms with E-state index in [0.717, 1.165) is 39.4 Å². The molecule has 0 aliphatic heterocycles. The van der Waals surface area contributed by atoms with Crippen LogP contribution in [0.25, 0.3) is 0 Å². The third-order valence-electron chi connectivity index (χ3n) is 6.70. The maximum atomic E-state index is 14.0. The van der Waals surface area contributed by atoms with Crippen molar-refractivity contribution < 1.29 is 18.0 Å². The summed E-state index contributed by atoms with van der Waals surface area (Å²) in [6.07, 6.45) is 1.77. The van der Waals surface area contributed by atoms with Gasteiger partial charge < -0.3 is 10.2 Å². The van der Waals surface area contributed by atoms with E-state index in [1.807, 2.05) is 70.2 Å². The summed E-state index contributed by atoms with van der Waals surface area (Å²) in [7, 11) is -4.09. The summed E-state index contributed by atoms with van der Waals surface area (Å²) >= 11 is 0. The molecule has 0 saturated carbocycles. The molecule has 1 N–H and O–H groups in total. The Labute approximate surface area is 232 Å². The van der Waals surface area contributed by atoms with Gasteiger partial charge in [0.25, 0.3) is 10.0 Å². The molecule has 208 valence electrons. The zero-order chi connectivity index (χ0) is 28.6. The van der Waals surface area contributed by atoms with Crippen molar-refractivity contribution in [1.82, 2.24) is 10.2 Å². The summed E-state index contributed by atoms with van der Waals surface area (Å²) in [6.45, 7) is 9.61. The molecule has 3 aromatic carbocycles. The second-order valence-electron chi connectivity index (χ2n) is 9.94. The second-order valence-corrected chi connectivity index (χ2v) is 11.8.